The van der Waals surface area contributed by atoms with E-state index in [1.807, 2.05) is 0 Å². The number of hydrogen-bond acceptors (Lipinski definition) is 14. The van der Waals surface area contributed by atoms with E-state index in [2.05, 4.69) is 30.0 Å². The van der Waals surface area contributed by atoms with Crippen molar-refractivity contribution in [2.24, 2.45) is 5.92 Å². The average Bonchev–Trinajstić information content (AvgIpc) is 2.93. The molecule has 1 aromatic heterocycles. The summed E-state index contributed by atoms with van der Waals surface area (Å²) < 4.78 is 45.1. The molecule has 0 spiro atoms. The van der Waals surface area contributed by atoms with Gasteiger partial charge >= 0.3 is 5.69 Å². The summed E-state index contributed by atoms with van der Waals surface area (Å²) >= 11 is 0. The predicted molar refractivity (Wildman–Crippen MR) is 94.2 cm³/mol. The molecule has 1 aromatic rings. The van der Waals surface area contributed by atoms with Gasteiger partial charge in [-0.1, -0.05) is 5.92 Å². The zero-order valence-corrected chi connectivity index (χ0v) is 18.4. The minimum Gasteiger partial charge on any atom is -0.790 e. The highest BCUT2D eigenvalue weighted by molar-refractivity contribution is 7.64. The summed E-state index contributed by atoms with van der Waals surface area (Å²) in [4.78, 5) is 59.2. The van der Waals surface area contributed by atoms with Crippen molar-refractivity contribution in [3.63, 3.8) is 0 Å². The van der Waals surface area contributed by atoms with Crippen LogP contribution in [0.1, 0.15) is 31.4 Å². The van der Waals surface area contributed by atoms with Crippen LogP contribution in [0, 0.1) is 17.8 Å². The van der Waals surface area contributed by atoms with Gasteiger partial charge < -0.3 is 39.5 Å². The molecule has 0 radical (unpaired) electrons. The van der Waals surface area contributed by atoms with Crippen molar-refractivity contribution in [1.82, 2.24) is 9.55 Å². The van der Waals surface area contributed by atoms with Crippen LogP contribution in [-0.4, -0.2) is 27.4 Å². The van der Waals surface area contributed by atoms with Crippen LogP contribution >= 0.6 is 23.5 Å². The minimum atomic E-state index is -6.10. The Labute approximate surface area is 175 Å². The molecule has 31 heavy (non-hydrogen) atoms. The van der Waals surface area contributed by atoms with Gasteiger partial charge in [0.2, 0.25) is 0 Å². The first kappa shape index (κ1) is 25.9. The lowest BCUT2D eigenvalue weighted by molar-refractivity contribution is -0.339. The number of rotatable bonds is 8. The highest BCUT2D eigenvalue weighted by Crippen LogP contribution is 2.60. The lowest BCUT2D eigenvalue weighted by Gasteiger charge is -2.37. The Bertz CT molecular complexity index is 1090. The van der Waals surface area contributed by atoms with E-state index in [9.17, 15) is 43.2 Å². The number of phosphoric ester groups is 1. The van der Waals surface area contributed by atoms with Crippen LogP contribution in [0.4, 0.5) is 5.82 Å². The van der Waals surface area contributed by atoms with Gasteiger partial charge in [-0.3, -0.25) is 18.0 Å². The minimum absolute atomic E-state index is 0.00124. The molecule has 2 rings (SSSR count). The number of anilines is 1. The summed E-state index contributed by atoms with van der Waals surface area (Å²) in [6, 6.07) is -0.630. The van der Waals surface area contributed by atoms with Gasteiger partial charge in [-0.25, -0.2) is 9.11 Å². The summed E-state index contributed by atoms with van der Waals surface area (Å²) in [5, 5.41) is 10.2. The van der Waals surface area contributed by atoms with Crippen molar-refractivity contribution in [2.75, 3.05) is 12.3 Å². The molecular weight excluding hydrogens is 483 g/mol. The predicted octanol–water partition coefficient (Wildman–Crippen LogP) is -2.68. The zero-order chi connectivity index (χ0) is 23.6. The summed E-state index contributed by atoms with van der Waals surface area (Å²) in [6.45, 7) is 0.771. The molecule has 18 heteroatoms. The Balaban J connectivity index is 2.07. The van der Waals surface area contributed by atoms with Gasteiger partial charge in [0.25, 0.3) is 15.6 Å². The molecule has 15 nitrogen and oxygen atoms in total. The molecule has 0 amide bonds. The van der Waals surface area contributed by atoms with Crippen molar-refractivity contribution in [3.05, 3.63) is 22.2 Å². The average molecular weight is 499 g/mol. The first-order chi connectivity index (χ1) is 14.1. The van der Waals surface area contributed by atoms with Crippen molar-refractivity contribution in [2.45, 2.75) is 31.9 Å². The van der Waals surface area contributed by atoms with Crippen LogP contribution in [0.25, 0.3) is 0 Å². The number of aromatic nitrogens is 2. The van der Waals surface area contributed by atoms with E-state index in [0.717, 1.165) is 0 Å². The molecule has 1 aliphatic carbocycles. The largest absolute Gasteiger partial charge is 0.790 e. The maximum absolute atomic E-state index is 12.1. The molecule has 1 fully saturated rings. The van der Waals surface area contributed by atoms with Crippen LogP contribution < -0.4 is 31.0 Å². The molecule has 1 aliphatic rings. The van der Waals surface area contributed by atoms with E-state index in [-0.39, 0.29) is 24.2 Å². The Morgan fingerprint density at radius 2 is 1.87 bits per heavy atom. The van der Waals surface area contributed by atoms with Gasteiger partial charge in [0, 0.05) is 18.2 Å². The van der Waals surface area contributed by atoms with Gasteiger partial charge in [0.1, 0.15) is 5.82 Å². The third-order valence-electron chi connectivity index (χ3n) is 4.11. The van der Waals surface area contributed by atoms with Gasteiger partial charge in [-0.05, 0) is 19.8 Å². The maximum atomic E-state index is 12.1. The van der Waals surface area contributed by atoms with Gasteiger partial charge in [0.15, 0.2) is 0 Å². The molecule has 174 valence electrons. The fourth-order valence-corrected chi connectivity index (χ4v) is 5.83. The van der Waals surface area contributed by atoms with Crippen molar-refractivity contribution >= 4 is 29.3 Å². The SMILES string of the molecule is CC#Cc1cn([C@H]2CC(O)[C@@H](COP(=O)([O-])OP(=O)([O-])OP(=O)([O-])[O-])C2)c(=O)nc1N. The number of phosphoric acid groups is 3. The topological polar surface area (TPSA) is 252 Å². The summed E-state index contributed by atoms with van der Waals surface area (Å²) in [7, 11) is -17.9. The second-order valence-electron chi connectivity index (χ2n) is 6.36. The van der Waals surface area contributed by atoms with Crippen molar-refractivity contribution in [1.29, 1.82) is 0 Å². The second kappa shape index (κ2) is 9.62. The van der Waals surface area contributed by atoms with E-state index >= 15 is 0 Å². The number of aliphatic hydroxyl groups excluding tert-OH is 1. The quantitative estimate of drug-likeness (QED) is 0.273. The van der Waals surface area contributed by atoms with E-state index in [1.165, 1.54) is 10.8 Å². The highest BCUT2D eigenvalue weighted by atomic mass is 31.3. The van der Waals surface area contributed by atoms with Gasteiger partial charge in [-0.15, -0.1) is 5.92 Å². The van der Waals surface area contributed by atoms with Crippen LogP contribution in [0.5, 0.6) is 0 Å². The zero-order valence-electron chi connectivity index (χ0n) is 15.7. The summed E-state index contributed by atoms with van der Waals surface area (Å²) in [5.74, 6) is 4.29. The van der Waals surface area contributed by atoms with Crippen LogP contribution in [0.2, 0.25) is 0 Å². The van der Waals surface area contributed by atoms with E-state index < -0.39 is 53.8 Å². The van der Waals surface area contributed by atoms with Gasteiger partial charge in [-0.2, -0.15) is 4.98 Å². The summed E-state index contributed by atoms with van der Waals surface area (Å²) in [6.07, 6.45) is 0.210. The normalized spacial score (nSPS) is 25.3. The fraction of sp³-hybridized carbons (Fsp3) is 0.538. The van der Waals surface area contributed by atoms with Crippen molar-refractivity contribution in [3.8, 4) is 11.8 Å². The molecule has 1 heterocycles. The first-order valence-corrected chi connectivity index (χ1v) is 12.7. The Hall–Kier alpha value is -1.39. The lowest BCUT2D eigenvalue weighted by Crippen LogP contribution is -2.27. The smallest absolute Gasteiger partial charge is 0.349 e. The molecule has 0 aromatic carbocycles. The van der Waals surface area contributed by atoms with Crippen LogP contribution in [0.15, 0.2) is 11.0 Å². The van der Waals surface area contributed by atoms with Gasteiger partial charge in [0.05, 0.1) is 26.1 Å². The summed E-state index contributed by atoms with van der Waals surface area (Å²) in [5.41, 5.74) is 5.17. The molecule has 0 aliphatic heterocycles. The molecule has 5 atom stereocenters. The monoisotopic (exact) mass is 499 g/mol. The number of aliphatic hydroxyl groups is 1. The van der Waals surface area contributed by atoms with Crippen LogP contribution in [0.3, 0.4) is 0 Å². The number of hydrogen-bond donors (Lipinski definition) is 2. The molecule has 3 N–H and O–H groups in total. The number of nitrogens with two attached hydrogens (primary N) is 1. The third kappa shape index (κ3) is 7.61. The number of nitrogen functional groups attached to an aromatic ring is 1. The van der Waals surface area contributed by atoms with E-state index in [0.29, 0.717) is 0 Å². The van der Waals surface area contributed by atoms with Crippen LogP contribution in [-0.2, 0) is 26.8 Å². The second-order valence-corrected chi connectivity index (χ2v) is 10.6. The molecular formula is C13H16N3O12P3-4. The van der Waals surface area contributed by atoms with E-state index in [4.69, 9.17) is 5.73 Å². The maximum Gasteiger partial charge on any atom is 0.349 e. The molecule has 0 saturated heterocycles. The Kier molecular flexibility index (Phi) is 8.03. The molecule has 0 bridgehead atoms. The Morgan fingerprint density at radius 3 is 2.45 bits per heavy atom. The first-order valence-electron chi connectivity index (χ1n) is 8.33. The molecule has 3 unspecified atom stereocenters. The molecule has 1 saturated carbocycles. The number of nitrogens with zero attached hydrogens (tertiary/aromatic N) is 2. The standard InChI is InChI=1S/C13H20N3O12P3/c1-2-3-8-6-16(13(18)15-12(8)14)10-4-9(11(17)5-10)7-26-30(22,23)28-31(24,25)27-29(19,20)21/h6,9-11,17H,4-5,7H2,1H3,(H,22,23)(H,24,25)(H2,14,15,18)(H2,19,20,21)/p-4/t9-,10-,11?/m1/s1. The van der Waals surface area contributed by atoms with E-state index in [1.54, 1.807) is 6.92 Å². The highest BCUT2D eigenvalue weighted by Gasteiger charge is 2.36. The fourth-order valence-electron chi connectivity index (χ4n) is 2.92. The van der Waals surface area contributed by atoms with Crippen molar-refractivity contribution < 1.29 is 51.5 Å². The third-order valence-corrected chi connectivity index (χ3v) is 7.78. The Morgan fingerprint density at radius 1 is 1.23 bits per heavy atom. The lowest BCUT2D eigenvalue weighted by atomic mass is 10.1.